The Hall–Kier alpha value is -2.15. The van der Waals surface area contributed by atoms with Crippen molar-refractivity contribution >= 4 is 17.5 Å². The molecule has 1 aromatic heterocycles. The Morgan fingerprint density at radius 3 is 2.71 bits per heavy atom. The van der Waals surface area contributed by atoms with E-state index < -0.39 is 6.10 Å². The standard InChI is InChI=1S/C21H25ClN2O4/c1-27-10-11-28-21-17(14-6-8-16(22)9-7-14)12-15(13-23-21)20(26)24-18-4-2-3-5-19(18)25/h6-9,12-13,18-19,25H,2-5,10-11H2,1H3,(H,24,26)/t18-,19-/m1/s1. The minimum atomic E-state index is -0.502. The van der Waals surface area contributed by atoms with Gasteiger partial charge in [0.2, 0.25) is 5.88 Å². The first-order valence-corrected chi connectivity index (χ1v) is 9.83. The minimum absolute atomic E-state index is 0.224. The molecule has 1 amide bonds. The second kappa shape index (κ2) is 9.87. The van der Waals surface area contributed by atoms with E-state index >= 15 is 0 Å². The molecule has 1 aliphatic rings. The molecule has 0 bridgehead atoms. The maximum absolute atomic E-state index is 12.7. The average molecular weight is 405 g/mol. The summed E-state index contributed by atoms with van der Waals surface area (Å²) in [7, 11) is 1.60. The zero-order valence-electron chi connectivity index (χ0n) is 15.9. The van der Waals surface area contributed by atoms with Gasteiger partial charge in [-0.25, -0.2) is 4.98 Å². The van der Waals surface area contributed by atoms with Crippen molar-refractivity contribution < 1.29 is 19.4 Å². The molecule has 0 spiro atoms. The molecule has 3 rings (SSSR count). The molecule has 1 fully saturated rings. The number of methoxy groups -OCH3 is 1. The van der Waals surface area contributed by atoms with Crippen LogP contribution < -0.4 is 10.1 Å². The van der Waals surface area contributed by atoms with Crippen LogP contribution in [-0.4, -0.2) is 48.5 Å². The van der Waals surface area contributed by atoms with Gasteiger partial charge in [-0.2, -0.15) is 0 Å². The normalized spacial score (nSPS) is 19.2. The van der Waals surface area contributed by atoms with Crippen molar-refractivity contribution in [1.29, 1.82) is 0 Å². The zero-order chi connectivity index (χ0) is 19.9. The van der Waals surface area contributed by atoms with E-state index in [4.69, 9.17) is 21.1 Å². The largest absolute Gasteiger partial charge is 0.475 e. The predicted octanol–water partition coefficient (Wildman–Crippen LogP) is 3.46. The molecule has 6 nitrogen and oxygen atoms in total. The van der Waals surface area contributed by atoms with Gasteiger partial charge in [0.05, 0.1) is 24.3 Å². The topological polar surface area (TPSA) is 80.7 Å². The molecule has 28 heavy (non-hydrogen) atoms. The van der Waals surface area contributed by atoms with Crippen LogP contribution in [0.4, 0.5) is 0 Å². The van der Waals surface area contributed by atoms with Crippen LogP contribution in [0.2, 0.25) is 5.02 Å². The summed E-state index contributed by atoms with van der Waals surface area (Å²) in [5, 5.41) is 13.7. The molecule has 0 aliphatic heterocycles. The van der Waals surface area contributed by atoms with Gasteiger partial charge in [0, 0.05) is 23.9 Å². The monoisotopic (exact) mass is 404 g/mol. The molecule has 0 unspecified atom stereocenters. The molecule has 2 N–H and O–H groups in total. The first-order valence-electron chi connectivity index (χ1n) is 9.45. The van der Waals surface area contributed by atoms with Gasteiger partial charge >= 0.3 is 0 Å². The highest BCUT2D eigenvalue weighted by atomic mass is 35.5. The van der Waals surface area contributed by atoms with Crippen molar-refractivity contribution in [3.63, 3.8) is 0 Å². The fraction of sp³-hybridized carbons (Fsp3) is 0.429. The Labute approximate surface area is 169 Å². The summed E-state index contributed by atoms with van der Waals surface area (Å²) in [6.45, 7) is 0.785. The first kappa shape index (κ1) is 20.6. The van der Waals surface area contributed by atoms with Crippen molar-refractivity contribution in [3.05, 3.63) is 47.1 Å². The number of nitrogens with one attached hydrogen (secondary N) is 1. The molecule has 1 heterocycles. The number of halogens is 1. The van der Waals surface area contributed by atoms with Crippen LogP contribution in [-0.2, 0) is 4.74 Å². The van der Waals surface area contributed by atoms with Crippen LogP contribution in [0.5, 0.6) is 5.88 Å². The van der Waals surface area contributed by atoms with E-state index in [9.17, 15) is 9.90 Å². The van der Waals surface area contributed by atoms with Crippen molar-refractivity contribution in [2.75, 3.05) is 20.3 Å². The molecule has 0 radical (unpaired) electrons. The van der Waals surface area contributed by atoms with Gasteiger partial charge in [-0.15, -0.1) is 0 Å². The third kappa shape index (κ3) is 5.22. The SMILES string of the molecule is COCCOc1ncc(C(=O)N[C@@H]2CCCC[C@H]2O)cc1-c1ccc(Cl)cc1. The van der Waals surface area contributed by atoms with Crippen LogP contribution in [0.15, 0.2) is 36.5 Å². The average Bonchev–Trinajstić information content (AvgIpc) is 2.71. The summed E-state index contributed by atoms with van der Waals surface area (Å²) < 4.78 is 10.7. The fourth-order valence-electron chi connectivity index (χ4n) is 3.28. The molecule has 1 aliphatic carbocycles. The van der Waals surface area contributed by atoms with E-state index in [2.05, 4.69) is 10.3 Å². The van der Waals surface area contributed by atoms with E-state index in [1.54, 1.807) is 25.3 Å². The van der Waals surface area contributed by atoms with E-state index in [0.717, 1.165) is 24.8 Å². The van der Waals surface area contributed by atoms with Gasteiger partial charge in [-0.3, -0.25) is 4.79 Å². The highest BCUT2D eigenvalue weighted by Gasteiger charge is 2.25. The van der Waals surface area contributed by atoms with Crippen molar-refractivity contribution in [3.8, 4) is 17.0 Å². The maximum Gasteiger partial charge on any atom is 0.253 e. The number of hydrogen-bond acceptors (Lipinski definition) is 5. The molecular formula is C21H25ClN2O4. The van der Waals surface area contributed by atoms with E-state index in [1.807, 2.05) is 12.1 Å². The summed E-state index contributed by atoms with van der Waals surface area (Å²) in [6, 6.07) is 8.80. The highest BCUT2D eigenvalue weighted by Crippen LogP contribution is 2.30. The lowest BCUT2D eigenvalue weighted by atomic mass is 9.92. The Kier molecular flexibility index (Phi) is 7.25. The first-order chi connectivity index (χ1) is 13.6. The number of rotatable bonds is 7. The Balaban J connectivity index is 1.84. The third-order valence-corrected chi connectivity index (χ3v) is 5.09. The number of amides is 1. The lowest BCUT2D eigenvalue weighted by Crippen LogP contribution is -2.45. The molecule has 2 aromatic rings. The molecular weight excluding hydrogens is 380 g/mol. The Morgan fingerprint density at radius 1 is 1.25 bits per heavy atom. The summed E-state index contributed by atoms with van der Waals surface area (Å²) in [5.41, 5.74) is 1.96. The van der Waals surface area contributed by atoms with Crippen molar-refractivity contribution in [1.82, 2.24) is 10.3 Å². The summed E-state index contributed by atoms with van der Waals surface area (Å²) >= 11 is 5.99. The van der Waals surface area contributed by atoms with E-state index in [0.29, 0.717) is 41.7 Å². The number of aliphatic hydroxyl groups is 1. The van der Waals surface area contributed by atoms with Gasteiger partial charge in [-0.1, -0.05) is 36.6 Å². The summed E-state index contributed by atoms with van der Waals surface area (Å²) in [5.74, 6) is 0.172. The Bertz CT molecular complexity index is 797. The van der Waals surface area contributed by atoms with Gasteiger partial charge < -0.3 is 19.9 Å². The van der Waals surface area contributed by atoms with Gasteiger partial charge in [0.1, 0.15) is 6.61 Å². The van der Waals surface area contributed by atoms with Crippen LogP contribution in [0.25, 0.3) is 11.1 Å². The lowest BCUT2D eigenvalue weighted by Gasteiger charge is -2.28. The highest BCUT2D eigenvalue weighted by molar-refractivity contribution is 6.30. The number of benzene rings is 1. The van der Waals surface area contributed by atoms with Crippen LogP contribution in [0.1, 0.15) is 36.0 Å². The van der Waals surface area contributed by atoms with Gasteiger partial charge in [0.25, 0.3) is 5.91 Å². The van der Waals surface area contributed by atoms with Crippen LogP contribution in [0.3, 0.4) is 0 Å². The molecule has 2 atom stereocenters. The summed E-state index contributed by atoms with van der Waals surface area (Å²) in [4.78, 5) is 17.1. The Morgan fingerprint density at radius 2 is 2.00 bits per heavy atom. The minimum Gasteiger partial charge on any atom is -0.475 e. The predicted molar refractivity (Wildman–Crippen MR) is 108 cm³/mol. The van der Waals surface area contributed by atoms with Crippen LogP contribution >= 0.6 is 11.6 Å². The third-order valence-electron chi connectivity index (χ3n) is 4.84. The molecule has 7 heteroatoms. The number of nitrogens with zero attached hydrogens (tertiary/aromatic N) is 1. The smallest absolute Gasteiger partial charge is 0.253 e. The van der Waals surface area contributed by atoms with Crippen molar-refractivity contribution in [2.45, 2.75) is 37.8 Å². The van der Waals surface area contributed by atoms with Crippen LogP contribution in [0, 0.1) is 0 Å². The fourth-order valence-corrected chi connectivity index (χ4v) is 3.41. The zero-order valence-corrected chi connectivity index (χ0v) is 16.6. The number of aliphatic hydroxyl groups excluding tert-OH is 1. The van der Waals surface area contributed by atoms with Gasteiger partial charge in [-0.05, 0) is 36.6 Å². The number of ether oxygens (including phenoxy) is 2. The van der Waals surface area contributed by atoms with E-state index in [1.165, 1.54) is 6.20 Å². The molecule has 1 aromatic carbocycles. The lowest BCUT2D eigenvalue weighted by molar-refractivity contribution is 0.0717. The second-order valence-corrected chi connectivity index (χ2v) is 7.29. The van der Waals surface area contributed by atoms with Gasteiger partial charge in [0.15, 0.2) is 0 Å². The summed E-state index contributed by atoms with van der Waals surface area (Å²) in [6.07, 6.45) is 4.48. The maximum atomic E-state index is 12.7. The second-order valence-electron chi connectivity index (χ2n) is 6.86. The molecule has 0 saturated heterocycles. The van der Waals surface area contributed by atoms with E-state index in [-0.39, 0.29) is 11.9 Å². The number of carbonyl (C=O) groups is 1. The number of carbonyl (C=O) groups excluding carboxylic acids is 1. The number of hydrogen-bond donors (Lipinski definition) is 2. The quantitative estimate of drug-likeness (QED) is 0.691. The molecule has 1 saturated carbocycles. The molecule has 150 valence electrons. The van der Waals surface area contributed by atoms with Crippen molar-refractivity contribution in [2.24, 2.45) is 0 Å². The number of aromatic nitrogens is 1. The number of pyridine rings is 1.